The summed E-state index contributed by atoms with van der Waals surface area (Å²) < 4.78 is 20.3. The predicted molar refractivity (Wildman–Crippen MR) is 129 cm³/mol. The second-order valence-corrected chi connectivity index (χ2v) is 8.80. The van der Waals surface area contributed by atoms with Gasteiger partial charge in [0.2, 0.25) is 5.91 Å². The number of hydrogen-bond acceptors (Lipinski definition) is 4. The molecular weight excluding hydrogens is 447 g/mol. The van der Waals surface area contributed by atoms with Gasteiger partial charge >= 0.3 is 0 Å². The molecule has 1 aliphatic rings. The van der Waals surface area contributed by atoms with E-state index >= 15 is 0 Å². The van der Waals surface area contributed by atoms with Crippen molar-refractivity contribution in [1.82, 2.24) is 15.1 Å². The van der Waals surface area contributed by atoms with Crippen LogP contribution in [0.25, 0.3) is 11.5 Å². The molecule has 0 saturated heterocycles. The molecule has 2 aromatic carbocycles. The number of aromatic nitrogens is 2. The van der Waals surface area contributed by atoms with Gasteiger partial charge in [-0.1, -0.05) is 31.2 Å². The second-order valence-electron chi connectivity index (χ2n) is 8.80. The van der Waals surface area contributed by atoms with Crippen molar-refractivity contribution in [1.29, 1.82) is 0 Å². The smallest absolute Gasteiger partial charge is 0.277 e. The topological polar surface area (TPSA) is 80.4 Å². The molecule has 0 aliphatic carbocycles. The predicted octanol–water partition coefficient (Wildman–Crippen LogP) is 4.58. The molecule has 0 bridgehead atoms. The normalized spacial score (nSPS) is 17.3. The van der Waals surface area contributed by atoms with Crippen molar-refractivity contribution in [2.24, 2.45) is 0 Å². The summed E-state index contributed by atoms with van der Waals surface area (Å²) in [4.78, 5) is 29.0. The number of fused-ring (bicyclic) bond motifs is 1. The standard InChI is InChI=1S/C27H25FN4O3/c1-3-18-6-4-7-21(14-18)32-25(33)23-15-22(24-8-5-13-35-24)30-31(23)17-27(32,2)26(34)29-16-19-9-11-20(28)12-10-19/h4-15H,3,16-17H2,1-2H3,(H,29,34). The van der Waals surface area contributed by atoms with E-state index < -0.39 is 5.54 Å². The van der Waals surface area contributed by atoms with Gasteiger partial charge in [-0.15, -0.1) is 0 Å². The zero-order valence-corrected chi connectivity index (χ0v) is 19.5. The van der Waals surface area contributed by atoms with E-state index in [0.717, 1.165) is 17.5 Å². The number of aryl methyl sites for hydroxylation is 1. The number of amides is 2. The number of halogens is 1. The van der Waals surface area contributed by atoms with Crippen LogP contribution in [0.5, 0.6) is 0 Å². The molecule has 1 N–H and O–H groups in total. The van der Waals surface area contributed by atoms with Gasteiger partial charge < -0.3 is 9.73 Å². The Morgan fingerprint density at radius 2 is 1.91 bits per heavy atom. The lowest BCUT2D eigenvalue weighted by Crippen LogP contribution is -2.64. The summed E-state index contributed by atoms with van der Waals surface area (Å²) in [5.74, 6) is -0.459. The molecule has 7 nitrogen and oxygen atoms in total. The van der Waals surface area contributed by atoms with Crippen molar-refractivity contribution in [2.75, 3.05) is 4.90 Å². The zero-order valence-electron chi connectivity index (χ0n) is 19.5. The van der Waals surface area contributed by atoms with Gasteiger partial charge in [-0.25, -0.2) is 4.39 Å². The summed E-state index contributed by atoms with van der Waals surface area (Å²) in [7, 11) is 0. The monoisotopic (exact) mass is 472 g/mol. The lowest BCUT2D eigenvalue weighted by molar-refractivity contribution is -0.126. The molecule has 5 rings (SSSR count). The maximum absolute atomic E-state index is 13.8. The summed E-state index contributed by atoms with van der Waals surface area (Å²) in [5, 5.41) is 7.49. The molecule has 178 valence electrons. The minimum Gasteiger partial charge on any atom is -0.463 e. The summed E-state index contributed by atoms with van der Waals surface area (Å²) in [6.07, 6.45) is 2.34. The van der Waals surface area contributed by atoms with E-state index in [0.29, 0.717) is 22.8 Å². The second kappa shape index (κ2) is 8.87. The van der Waals surface area contributed by atoms with Crippen LogP contribution in [0, 0.1) is 5.82 Å². The van der Waals surface area contributed by atoms with Gasteiger partial charge in [0.25, 0.3) is 5.91 Å². The Hall–Kier alpha value is -4.20. The first kappa shape index (κ1) is 22.6. The Morgan fingerprint density at radius 1 is 1.11 bits per heavy atom. The first-order valence-electron chi connectivity index (χ1n) is 11.5. The van der Waals surface area contributed by atoms with Crippen LogP contribution in [0.4, 0.5) is 10.1 Å². The van der Waals surface area contributed by atoms with Gasteiger partial charge in [-0.3, -0.25) is 19.2 Å². The van der Waals surface area contributed by atoms with Gasteiger partial charge in [0.05, 0.1) is 12.8 Å². The molecule has 0 spiro atoms. The Labute approximate surface area is 202 Å². The van der Waals surface area contributed by atoms with E-state index in [4.69, 9.17) is 4.42 Å². The first-order valence-corrected chi connectivity index (χ1v) is 11.5. The third-order valence-corrected chi connectivity index (χ3v) is 6.36. The maximum Gasteiger partial charge on any atom is 0.277 e. The molecule has 0 saturated carbocycles. The molecule has 0 fully saturated rings. The number of anilines is 1. The Bertz CT molecular complexity index is 1380. The number of carbonyl (C=O) groups is 2. The van der Waals surface area contributed by atoms with Crippen LogP contribution in [-0.2, 0) is 24.3 Å². The quantitative estimate of drug-likeness (QED) is 0.446. The molecule has 1 unspecified atom stereocenters. The van der Waals surface area contributed by atoms with Crippen LogP contribution in [0.2, 0.25) is 0 Å². The lowest BCUT2D eigenvalue weighted by atomic mass is 9.93. The molecule has 1 atom stereocenters. The zero-order chi connectivity index (χ0) is 24.6. The fraction of sp³-hybridized carbons (Fsp3) is 0.222. The minimum absolute atomic E-state index is 0.153. The maximum atomic E-state index is 13.8. The van der Waals surface area contributed by atoms with Crippen molar-refractivity contribution < 1.29 is 18.4 Å². The molecule has 2 amide bonds. The fourth-order valence-corrected chi connectivity index (χ4v) is 4.42. The summed E-state index contributed by atoms with van der Waals surface area (Å²) >= 11 is 0. The van der Waals surface area contributed by atoms with Gasteiger partial charge in [-0.05, 0) is 60.9 Å². The van der Waals surface area contributed by atoms with Gasteiger partial charge in [0.15, 0.2) is 5.76 Å². The van der Waals surface area contributed by atoms with Crippen LogP contribution in [0.3, 0.4) is 0 Å². The van der Waals surface area contributed by atoms with E-state index in [1.54, 1.807) is 53.1 Å². The molecule has 3 heterocycles. The van der Waals surface area contributed by atoms with Crippen LogP contribution < -0.4 is 10.2 Å². The highest BCUT2D eigenvalue weighted by Crippen LogP contribution is 2.34. The van der Waals surface area contributed by atoms with Crippen LogP contribution in [-0.4, -0.2) is 27.1 Å². The SMILES string of the molecule is CCc1cccc(N2C(=O)c3cc(-c4ccco4)nn3CC2(C)C(=O)NCc2ccc(F)cc2)c1. The number of hydrogen-bond donors (Lipinski definition) is 1. The Morgan fingerprint density at radius 3 is 2.63 bits per heavy atom. The van der Waals surface area contributed by atoms with Crippen molar-refractivity contribution in [3.8, 4) is 11.5 Å². The largest absolute Gasteiger partial charge is 0.463 e. The summed E-state index contributed by atoms with van der Waals surface area (Å²) in [6, 6.07) is 18.8. The van der Waals surface area contributed by atoms with Gasteiger partial charge in [0, 0.05) is 18.3 Å². The fourth-order valence-electron chi connectivity index (χ4n) is 4.42. The minimum atomic E-state index is -1.26. The van der Waals surface area contributed by atoms with Crippen molar-refractivity contribution in [3.05, 3.63) is 95.6 Å². The van der Waals surface area contributed by atoms with Crippen LogP contribution in [0.15, 0.2) is 77.4 Å². The van der Waals surface area contributed by atoms with Gasteiger partial charge in [-0.2, -0.15) is 5.10 Å². The molecule has 4 aromatic rings. The number of nitrogens with one attached hydrogen (secondary N) is 1. The number of furan rings is 1. The van der Waals surface area contributed by atoms with E-state index in [9.17, 15) is 14.0 Å². The van der Waals surface area contributed by atoms with E-state index in [1.807, 2.05) is 31.2 Å². The Kier molecular flexibility index (Phi) is 5.72. The number of benzene rings is 2. The van der Waals surface area contributed by atoms with E-state index in [1.165, 1.54) is 12.1 Å². The highest BCUT2D eigenvalue weighted by atomic mass is 19.1. The summed E-state index contributed by atoms with van der Waals surface area (Å²) in [6.45, 7) is 4.13. The van der Waals surface area contributed by atoms with Crippen molar-refractivity contribution in [3.63, 3.8) is 0 Å². The number of rotatable bonds is 6. The number of carbonyl (C=O) groups excluding carboxylic acids is 2. The molecule has 35 heavy (non-hydrogen) atoms. The highest BCUT2D eigenvalue weighted by Gasteiger charge is 2.49. The highest BCUT2D eigenvalue weighted by molar-refractivity contribution is 6.12. The van der Waals surface area contributed by atoms with Crippen LogP contribution >= 0.6 is 0 Å². The average molecular weight is 473 g/mol. The molecule has 1 aliphatic heterocycles. The molecular formula is C27H25FN4O3. The average Bonchev–Trinajstić information content (AvgIpc) is 3.54. The third kappa shape index (κ3) is 4.12. The lowest BCUT2D eigenvalue weighted by Gasteiger charge is -2.43. The molecule has 8 heteroatoms. The molecule has 2 aromatic heterocycles. The molecule has 0 radical (unpaired) electrons. The number of nitrogens with zero attached hydrogens (tertiary/aromatic N) is 3. The van der Waals surface area contributed by atoms with Crippen LogP contribution in [0.1, 0.15) is 35.5 Å². The Balaban J connectivity index is 1.53. The third-order valence-electron chi connectivity index (χ3n) is 6.36. The van der Waals surface area contributed by atoms with E-state index in [2.05, 4.69) is 10.4 Å². The van der Waals surface area contributed by atoms with Crippen molar-refractivity contribution in [2.45, 2.75) is 38.9 Å². The van der Waals surface area contributed by atoms with E-state index in [-0.39, 0.29) is 30.7 Å². The van der Waals surface area contributed by atoms with Gasteiger partial charge in [0.1, 0.15) is 22.7 Å². The van der Waals surface area contributed by atoms with Crippen molar-refractivity contribution >= 4 is 17.5 Å². The summed E-state index contributed by atoms with van der Waals surface area (Å²) in [5.41, 5.74) is 2.09. The first-order chi connectivity index (χ1) is 16.9.